The van der Waals surface area contributed by atoms with Crippen molar-refractivity contribution in [2.75, 3.05) is 13.2 Å². The summed E-state index contributed by atoms with van der Waals surface area (Å²) in [5, 5.41) is 0. The third-order valence-electron chi connectivity index (χ3n) is 12.4. The molecule has 0 rings (SSSR count). The molecule has 0 aliphatic heterocycles. The standard InChI is InChI=1S/C74H112O6/c1-4-7-10-13-16-19-21-23-25-27-29-30-31-32-33-34-35-36-37-38-39-40-41-42-43-44-46-47-49-51-53-55-58-61-64-67-73(76)79-70-71(69-78-72(75)66-63-60-57-18-15-12-9-6-3)80-74(77)68-65-62-59-56-54-52-50-48-45-28-26-24-22-20-17-14-11-8-5-2/h7-8,10-11,16-17,19-20,23-26,29-30,32-33,35-36,38-39,41-42,44-46,48-49,51-52,54,59,62,71H,4-6,9,12-15,18,21-22,27-28,31,34,37,40,43,47,50,53,55-58,60-61,63-70H2,1-3H3/b10-7-,11-8-,19-16-,20-17-,25-23-,26-24-,30-29-,33-32-,36-35-,39-38-,42-41-,46-44-,48-45-,51-49-,54-52-,62-59-. The first-order chi connectivity index (χ1) is 39.5. The van der Waals surface area contributed by atoms with Gasteiger partial charge in [-0.05, 0) is 135 Å². The van der Waals surface area contributed by atoms with Crippen LogP contribution in [0.1, 0.15) is 233 Å². The highest BCUT2D eigenvalue weighted by molar-refractivity contribution is 5.71. The van der Waals surface area contributed by atoms with Gasteiger partial charge < -0.3 is 14.2 Å². The van der Waals surface area contributed by atoms with Gasteiger partial charge in [-0.3, -0.25) is 14.4 Å². The fourth-order valence-corrected chi connectivity index (χ4v) is 7.73. The number of unbranched alkanes of at least 4 members (excludes halogenated alkanes) is 11. The van der Waals surface area contributed by atoms with Gasteiger partial charge in [0.2, 0.25) is 0 Å². The van der Waals surface area contributed by atoms with Crippen LogP contribution in [-0.4, -0.2) is 37.2 Å². The first-order valence-corrected chi connectivity index (χ1v) is 31.4. The number of ether oxygens (including phenoxy) is 3. The second-order valence-corrected chi connectivity index (χ2v) is 19.9. The van der Waals surface area contributed by atoms with E-state index in [1.165, 1.54) is 32.1 Å². The molecule has 0 amide bonds. The molecule has 0 saturated carbocycles. The van der Waals surface area contributed by atoms with E-state index in [0.717, 1.165) is 154 Å². The van der Waals surface area contributed by atoms with Gasteiger partial charge in [0.1, 0.15) is 13.2 Å². The van der Waals surface area contributed by atoms with Gasteiger partial charge in [-0.2, -0.15) is 0 Å². The van der Waals surface area contributed by atoms with E-state index >= 15 is 0 Å². The number of allylic oxidation sites excluding steroid dienone is 32. The van der Waals surface area contributed by atoms with Crippen LogP contribution in [0.4, 0.5) is 0 Å². The van der Waals surface area contributed by atoms with E-state index in [4.69, 9.17) is 14.2 Å². The maximum atomic E-state index is 12.8. The Bertz CT molecular complexity index is 1930. The molecular formula is C74H112O6. The fraction of sp³-hybridized carbons (Fsp3) is 0.527. The lowest BCUT2D eigenvalue weighted by molar-refractivity contribution is -0.166. The van der Waals surface area contributed by atoms with Crippen LogP contribution in [0.2, 0.25) is 0 Å². The first kappa shape index (κ1) is 74.2. The molecule has 444 valence electrons. The third-order valence-corrected chi connectivity index (χ3v) is 12.4. The molecule has 0 aliphatic carbocycles. The highest BCUT2D eigenvalue weighted by Crippen LogP contribution is 2.12. The van der Waals surface area contributed by atoms with Crippen LogP contribution in [-0.2, 0) is 28.6 Å². The largest absolute Gasteiger partial charge is 0.462 e. The lowest BCUT2D eigenvalue weighted by Crippen LogP contribution is -2.30. The monoisotopic (exact) mass is 1100 g/mol. The summed E-state index contributed by atoms with van der Waals surface area (Å²) in [5.74, 6) is -1.05. The molecule has 0 N–H and O–H groups in total. The number of hydrogen-bond donors (Lipinski definition) is 0. The van der Waals surface area contributed by atoms with Gasteiger partial charge in [-0.1, -0.05) is 273 Å². The van der Waals surface area contributed by atoms with E-state index in [0.29, 0.717) is 19.3 Å². The minimum Gasteiger partial charge on any atom is -0.462 e. The summed E-state index contributed by atoms with van der Waals surface area (Å²) in [4.78, 5) is 38.0. The SMILES string of the molecule is CC/C=C\C/C=C\C/C=C\C/C=C\C/C=C\C/C=C\C/C=C\C/C=C\C/C=C\C/C=C\CCCCCCC(=O)OCC(COC(=O)CCCCCCCCCC)OC(=O)CC/C=C\C/C=C\C/C=C\C/C=C\C/C=C\C/C=C\CC. The highest BCUT2D eigenvalue weighted by atomic mass is 16.6. The summed E-state index contributed by atoms with van der Waals surface area (Å²) in [7, 11) is 0. The lowest BCUT2D eigenvalue weighted by atomic mass is 10.1. The molecule has 0 aromatic rings. The number of carbonyl (C=O) groups is 3. The minimum absolute atomic E-state index is 0.125. The van der Waals surface area contributed by atoms with E-state index in [9.17, 15) is 14.4 Å². The minimum atomic E-state index is -0.838. The van der Waals surface area contributed by atoms with E-state index in [1.807, 2.05) is 12.2 Å². The Morgan fingerprint density at radius 2 is 0.512 bits per heavy atom. The second-order valence-electron chi connectivity index (χ2n) is 19.9. The number of esters is 3. The Morgan fingerprint density at radius 1 is 0.263 bits per heavy atom. The summed E-state index contributed by atoms with van der Waals surface area (Å²) in [5.41, 5.74) is 0. The molecule has 0 aliphatic rings. The van der Waals surface area contributed by atoms with Gasteiger partial charge in [-0.15, -0.1) is 0 Å². The molecule has 80 heavy (non-hydrogen) atoms. The maximum absolute atomic E-state index is 12.8. The smallest absolute Gasteiger partial charge is 0.306 e. The quantitative estimate of drug-likeness (QED) is 0.0261. The topological polar surface area (TPSA) is 78.9 Å². The fourth-order valence-electron chi connectivity index (χ4n) is 7.73. The molecule has 0 aromatic carbocycles. The van der Waals surface area contributed by atoms with Gasteiger partial charge in [0.15, 0.2) is 6.10 Å². The molecule has 6 heteroatoms. The molecule has 6 nitrogen and oxygen atoms in total. The van der Waals surface area contributed by atoms with E-state index in [2.05, 4.69) is 203 Å². The molecule has 1 atom stereocenters. The van der Waals surface area contributed by atoms with Crippen molar-refractivity contribution in [1.29, 1.82) is 0 Å². The third kappa shape index (κ3) is 63.1. The predicted molar refractivity (Wildman–Crippen MR) is 347 cm³/mol. The van der Waals surface area contributed by atoms with Gasteiger partial charge >= 0.3 is 17.9 Å². The molecule has 0 fully saturated rings. The Kier molecular flexibility index (Phi) is 61.0. The molecule has 0 radical (unpaired) electrons. The Balaban J connectivity index is 4.34. The van der Waals surface area contributed by atoms with Gasteiger partial charge in [0.25, 0.3) is 0 Å². The van der Waals surface area contributed by atoms with Crippen molar-refractivity contribution in [3.63, 3.8) is 0 Å². The average molecular weight is 1100 g/mol. The van der Waals surface area contributed by atoms with Crippen molar-refractivity contribution in [1.82, 2.24) is 0 Å². The zero-order valence-corrected chi connectivity index (χ0v) is 50.8. The van der Waals surface area contributed by atoms with E-state index < -0.39 is 12.1 Å². The summed E-state index contributed by atoms with van der Waals surface area (Å²) in [6.07, 6.45) is 100. The number of carbonyl (C=O) groups excluding carboxylic acids is 3. The Labute approximate surface area is 490 Å². The molecule has 0 bridgehead atoms. The zero-order valence-electron chi connectivity index (χ0n) is 50.8. The highest BCUT2D eigenvalue weighted by Gasteiger charge is 2.19. The van der Waals surface area contributed by atoms with Crippen LogP contribution in [0.15, 0.2) is 194 Å². The van der Waals surface area contributed by atoms with Crippen molar-refractivity contribution < 1.29 is 28.6 Å². The van der Waals surface area contributed by atoms with Crippen LogP contribution in [0.3, 0.4) is 0 Å². The van der Waals surface area contributed by atoms with Gasteiger partial charge in [-0.25, -0.2) is 0 Å². The van der Waals surface area contributed by atoms with Crippen molar-refractivity contribution >= 4 is 17.9 Å². The molecule has 1 unspecified atom stereocenters. The van der Waals surface area contributed by atoms with Crippen molar-refractivity contribution in [2.45, 2.75) is 239 Å². The van der Waals surface area contributed by atoms with Gasteiger partial charge in [0.05, 0.1) is 0 Å². The van der Waals surface area contributed by atoms with Crippen molar-refractivity contribution in [3.05, 3.63) is 194 Å². The van der Waals surface area contributed by atoms with Crippen LogP contribution in [0.25, 0.3) is 0 Å². The zero-order chi connectivity index (χ0) is 57.8. The van der Waals surface area contributed by atoms with Crippen LogP contribution >= 0.6 is 0 Å². The summed E-state index contributed by atoms with van der Waals surface area (Å²) in [6.45, 7) is 6.27. The Hall–Kier alpha value is -5.75. The summed E-state index contributed by atoms with van der Waals surface area (Å²) in [6, 6.07) is 0. The summed E-state index contributed by atoms with van der Waals surface area (Å²) < 4.78 is 16.7. The molecule has 0 aromatic heterocycles. The molecular weight excluding hydrogens is 985 g/mol. The van der Waals surface area contributed by atoms with Crippen molar-refractivity contribution in [2.24, 2.45) is 0 Å². The first-order valence-electron chi connectivity index (χ1n) is 31.4. The van der Waals surface area contributed by atoms with E-state index in [-0.39, 0.29) is 31.6 Å². The van der Waals surface area contributed by atoms with Crippen LogP contribution in [0.5, 0.6) is 0 Å². The number of hydrogen-bond acceptors (Lipinski definition) is 6. The molecule has 0 spiro atoms. The van der Waals surface area contributed by atoms with E-state index in [1.54, 1.807) is 0 Å². The Morgan fingerprint density at radius 3 is 0.812 bits per heavy atom. The van der Waals surface area contributed by atoms with Crippen LogP contribution < -0.4 is 0 Å². The molecule has 0 saturated heterocycles. The molecule has 0 heterocycles. The van der Waals surface area contributed by atoms with Crippen LogP contribution in [0, 0.1) is 0 Å². The summed E-state index contributed by atoms with van der Waals surface area (Å²) >= 11 is 0. The maximum Gasteiger partial charge on any atom is 0.306 e. The average Bonchev–Trinajstić information content (AvgIpc) is 3.46. The lowest BCUT2D eigenvalue weighted by Gasteiger charge is -2.18. The van der Waals surface area contributed by atoms with Gasteiger partial charge in [0, 0.05) is 19.3 Å². The second kappa shape index (κ2) is 65.8. The number of rotatable bonds is 54. The van der Waals surface area contributed by atoms with Crippen molar-refractivity contribution in [3.8, 4) is 0 Å². The normalized spacial score (nSPS) is 13.5. The predicted octanol–water partition coefficient (Wildman–Crippen LogP) is 21.8.